The number of nitrogens with one attached hydrogen (secondary N) is 1. The number of amides is 2. The molecule has 0 saturated heterocycles. The lowest BCUT2D eigenvalue weighted by Crippen LogP contribution is -2.39. The Morgan fingerprint density at radius 1 is 1.35 bits per heavy atom. The van der Waals surface area contributed by atoms with Crippen LogP contribution in [0.25, 0.3) is 0 Å². The number of nitrogens with zero attached hydrogens (tertiary/aromatic N) is 2. The molecule has 0 aliphatic rings. The van der Waals surface area contributed by atoms with E-state index in [1.807, 2.05) is 38.1 Å². The molecule has 6 heteroatoms. The highest BCUT2D eigenvalue weighted by atomic mass is 32.1. The summed E-state index contributed by atoms with van der Waals surface area (Å²) < 4.78 is 0. The van der Waals surface area contributed by atoms with E-state index in [9.17, 15) is 9.59 Å². The van der Waals surface area contributed by atoms with E-state index in [-0.39, 0.29) is 24.3 Å². The Bertz CT molecular complexity index is 669. The van der Waals surface area contributed by atoms with Crippen molar-refractivity contribution in [3.63, 3.8) is 0 Å². The van der Waals surface area contributed by atoms with Gasteiger partial charge in [-0.2, -0.15) is 0 Å². The monoisotopic (exact) mass is 331 g/mol. The molecule has 2 aromatic rings. The molecule has 23 heavy (non-hydrogen) atoms. The summed E-state index contributed by atoms with van der Waals surface area (Å²) in [7, 11) is 1.72. The zero-order chi connectivity index (χ0) is 16.8. The second-order valence-corrected chi connectivity index (χ2v) is 6.82. The van der Waals surface area contributed by atoms with Crippen molar-refractivity contribution < 1.29 is 9.59 Å². The fraction of sp³-hybridized carbons (Fsp3) is 0.353. The lowest BCUT2D eigenvalue weighted by atomic mass is 10.1. The SMILES string of the molecule is Cc1ccc([C@H](C)C(=O)NCC(=O)N(C)Cc2cccnc2)s1. The summed E-state index contributed by atoms with van der Waals surface area (Å²) >= 11 is 1.60. The van der Waals surface area contributed by atoms with Crippen LogP contribution in [0.3, 0.4) is 0 Å². The number of aryl methyl sites for hydroxylation is 1. The topological polar surface area (TPSA) is 62.3 Å². The molecule has 2 heterocycles. The standard InChI is InChI=1S/C17H21N3O2S/c1-12-6-7-15(23-12)13(2)17(22)19-10-16(21)20(3)11-14-5-4-8-18-9-14/h4-9,13H,10-11H2,1-3H3,(H,19,22)/t13-/m0/s1. The largest absolute Gasteiger partial charge is 0.346 e. The number of hydrogen-bond acceptors (Lipinski definition) is 4. The van der Waals surface area contributed by atoms with E-state index in [0.29, 0.717) is 6.54 Å². The van der Waals surface area contributed by atoms with Gasteiger partial charge in [-0.25, -0.2) is 0 Å². The quantitative estimate of drug-likeness (QED) is 0.884. The van der Waals surface area contributed by atoms with Gasteiger partial charge in [0.15, 0.2) is 0 Å². The van der Waals surface area contributed by atoms with E-state index in [2.05, 4.69) is 10.3 Å². The van der Waals surface area contributed by atoms with Crippen LogP contribution >= 0.6 is 11.3 Å². The predicted molar refractivity (Wildman–Crippen MR) is 91.2 cm³/mol. The first kappa shape index (κ1) is 17.1. The van der Waals surface area contributed by atoms with Crippen LogP contribution in [-0.4, -0.2) is 35.3 Å². The molecule has 0 fully saturated rings. The highest BCUT2D eigenvalue weighted by Gasteiger charge is 2.18. The summed E-state index contributed by atoms with van der Waals surface area (Å²) in [4.78, 5) is 32.0. The number of likely N-dealkylation sites (N-methyl/N-ethyl adjacent to an activating group) is 1. The first-order valence-electron chi connectivity index (χ1n) is 7.44. The second kappa shape index (κ2) is 7.87. The predicted octanol–water partition coefficient (Wildman–Crippen LogP) is 2.33. The van der Waals surface area contributed by atoms with Crippen LogP contribution in [0.1, 0.15) is 28.2 Å². The molecule has 0 aliphatic carbocycles. The van der Waals surface area contributed by atoms with E-state index in [0.717, 1.165) is 10.4 Å². The van der Waals surface area contributed by atoms with Crippen LogP contribution in [0.15, 0.2) is 36.7 Å². The Labute approximate surface area is 140 Å². The lowest BCUT2D eigenvalue weighted by molar-refractivity contribution is -0.132. The lowest BCUT2D eigenvalue weighted by Gasteiger charge is -2.18. The third kappa shape index (κ3) is 4.89. The maximum Gasteiger partial charge on any atom is 0.242 e. The van der Waals surface area contributed by atoms with Gasteiger partial charge in [-0.1, -0.05) is 6.07 Å². The number of hydrogen-bond donors (Lipinski definition) is 1. The Kier molecular flexibility index (Phi) is 5.87. The number of carbonyl (C=O) groups is 2. The Balaban J connectivity index is 1.82. The molecule has 2 rings (SSSR count). The normalized spacial score (nSPS) is 11.8. The third-order valence-electron chi connectivity index (χ3n) is 3.56. The summed E-state index contributed by atoms with van der Waals surface area (Å²) in [5.41, 5.74) is 0.956. The summed E-state index contributed by atoms with van der Waals surface area (Å²) in [6.07, 6.45) is 3.42. The molecule has 5 nitrogen and oxygen atoms in total. The molecular weight excluding hydrogens is 310 g/mol. The van der Waals surface area contributed by atoms with Crippen LogP contribution < -0.4 is 5.32 Å². The van der Waals surface area contributed by atoms with E-state index >= 15 is 0 Å². The molecule has 2 aromatic heterocycles. The van der Waals surface area contributed by atoms with Crippen molar-refractivity contribution in [2.75, 3.05) is 13.6 Å². The Morgan fingerprint density at radius 3 is 2.74 bits per heavy atom. The van der Waals surface area contributed by atoms with Crippen molar-refractivity contribution in [3.8, 4) is 0 Å². The summed E-state index contributed by atoms with van der Waals surface area (Å²) in [6, 6.07) is 7.70. The minimum absolute atomic E-state index is 0.00426. The molecule has 0 spiro atoms. The highest BCUT2D eigenvalue weighted by molar-refractivity contribution is 7.12. The minimum Gasteiger partial charge on any atom is -0.346 e. The molecule has 0 unspecified atom stereocenters. The first-order valence-corrected chi connectivity index (χ1v) is 8.26. The number of rotatable bonds is 6. The first-order chi connectivity index (χ1) is 11.0. The number of thiophene rings is 1. The summed E-state index contributed by atoms with van der Waals surface area (Å²) in [6.45, 7) is 4.34. The molecule has 0 radical (unpaired) electrons. The van der Waals surface area contributed by atoms with Gasteiger partial charge < -0.3 is 10.2 Å². The molecule has 122 valence electrons. The van der Waals surface area contributed by atoms with Crippen molar-refractivity contribution >= 4 is 23.2 Å². The van der Waals surface area contributed by atoms with Crippen molar-refractivity contribution in [2.45, 2.75) is 26.3 Å². The van der Waals surface area contributed by atoms with Crippen molar-refractivity contribution in [3.05, 3.63) is 52.0 Å². The van der Waals surface area contributed by atoms with Crippen molar-refractivity contribution in [1.82, 2.24) is 15.2 Å². The van der Waals surface area contributed by atoms with Crippen LogP contribution in [0.2, 0.25) is 0 Å². The average molecular weight is 331 g/mol. The van der Waals surface area contributed by atoms with Gasteiger partial charge in [0, 0.05) is 35.7 Å². The van der Waals surface area contributed by atoms with Crippen LogP contribution in [0.5, 0.6) is 0 Å². The van der Waals surface area contributed by atoms with Crippen molar-refractivity contribution in [2.24, 2.45) is 0 Å². The van der Waals surface area contributed by atoms with E-state index in [1.54, 1.807) is 35.7 Å². The van der Waals surface area contributed by atoms with E-state index in [1.165, 1.54) is 4.88 Å². The summed E-state index contributed by atoms with van der Waals surface area (Å²) in [5.74, 6) is -0.503. The van der Waals surface area contributed by atoms with Gasteiger partial charge in [0.05, 0.1) is 12.5 Å². The Morgan fingerprint density at radius 2 is 2.13 bits per heavy atom. The zero-order valence-electron chi connectivity index (χ0n) is 13.6. The van der Waals surface area contributed by atoms with Gasteiger partial charge in [0.25, 0.3) is 0 Å². The molecule has 1 N–H and O–H groups in total. The molecular formula is C17H21N3O2S. The summed E-state index contributed by atoms with van der Waals surface area (Å²) in [5, 5.41) is 2.72. The van der Waals surface area contributed by atoms with Gasteiger partial charge in [0.2, 0.25) is 11.8 Å². The molecule has 0 aromatic carbocycles. The van der Waals surface area contributed by atoms with Gasteiger partial charge in [0.1, 0.15) is 0 Å². The number of aromatic nitrogens is 1. The molecule has 0 saturated carbocycles. The second-order valence-electron chi connectivity index (χ2n) is 5.50. The maximum atomic E-state index is 12.2. The molecule has 0 bridgehead atoms. The fourth-order valence-electron chi connectivity index (χ4n) is 2.12. The Hall–Kier alpha value is -2.21. The van der Waals surface area contributed by atoms with Gasteiger partial charge in [-0.05, 0) is 37.6 Å². The van der Waals surface area contributed by atoms with Crippen LogP contribution in [-0.2, 0) is 16.1 Å². The minimum atomic E-state index is -0.245. The van der Waals surface area contributed by atoms with Gasteiger partial charge in [-0.3, -0.25) is 14.6 Å². The zero-order valence-corrected chi connectivity index (χ0v) is 14.4. The third-order valence-corrected chi connectivity index (χ3v) is 4.75. The molecule has 1 atom stereocenters. The van der Waals surface area contributed by atoms with E-state index in [4.69, 9.17) is 0 Å². The smallest absolute Gasteiger partial charge is 0.242 e. The van der Waals surface area contributed by atoms with Crippen LogP contribution in [0, 0.1) is 6.92 Å². The number of carbonyl (C=O) groups excluding carboxylic acids is 2. The fourth-order valence-corrected chi connectivity index (χ4v) is 3.05. The average Bonchev–Trinajstić information content (AvgIpc) is 2.98. The highest BCUT2D eigenvalue weighted by Crippen LogP contribution is 2.24. The van der Waals surface area contributed by atoms with Crippen molar-refractivity contribution in [1.29, 1.82) is 0 Å². The molecule has 0 aliphatic heterocycles. The van der Waals surface area contributed by atoms with Gasteiger partial charge in [-0.15, -0.1) is 11.3 Å². The van der Waals surface area contributed by atoms with E-state index < -0.39 is 0 Å². The van der Waals surface area contributed by atoms with Crippen LogP contribution in [0.4, 0.5) is 0 Å². The molecule has 2 amide bonds. The number of pyridine rings is 1. The van der Waals surface area contributed by atoms with Gasteiger partial charge >= 0.3 is 0 Å². The maximum absolute atomic E-state index is 12.2.